The van der Waals surface area contributed by atoms with E-state index in [1.165, 1.54) is 39.2 Å². The number of hydrogen-bond acceptors (Lipinski definition) is 2. The van der Waals surface area contributed by atoms with Gasteiger partial charge in [0, 0.05) is 16.8 Å². The zero-order chi connectivity index (χ0) is 22.4. The van der Waals surface area contributed by atoms with Gasteiger partial charge in [0.1, 0.15) is 5.75 Å². The third-order valence-electron chi connectivity index (χ3n) is 6.98. The number of rotatable bonds is 5. The second-order valence-corrected chi connectivity index (χ2v) is 9.14. The Morgan fingerprint density at radius 2 is 1.30 bits per heavy atom. The highest BCUT2D eigenvalue weighted by atomic mass is 16.5. The van der Waals surface area contributed by atoms with Crippen LogP contribution in [0.25, 0.3) is 21.5 Å². The Balaban J connectivity index is 1.54. The molecule has 33 heavy (non-hydrogen) atoms. The van der Waals surface area contributed by atoms with E-state index in [4.69, 9.17) is 4.74 Å². The lowest BCUT2D eigenvalue weighted by Crippen LogP contribution is -2.10. The Labute approximate surface area is 195 Å². The van der Waals surface area contributed by atoms with Gasteiger partial charge in [-0.05, 0) is 94.6 Å². The molecule has 1 fully saturated rings. The largest absolute Gasteiger partial charge is 0.497 e. The zero-order valence-electron chi connectivity index (χ0n) is 19.0. The summed E-state index contributed by atoms with van der Waals surface area (Å²) in [5.74, 6) is 2.39. The molecule has 0 aliphatic heterocycles. The molecule has 6 rings (SSSR count). The first kappa shape index (κ1) is 19.9. The summed E-state index contributed by atoms with van der Waals surface area (Å²) in [6.45, 7) is 2.34. The van der Waals surface area contributed by atoms with E-state index in [0.29, 0.717) is 0 Å². The van der Waals surface area contributed by atoms with Gasteiger partial charge in [-0.25, -0.2) is 0 Å². The lowest BCUT2D eigenvalue weighted by molar-refractivity contribution is 0.415. The molecule has 5 aromatic rings. The molecule has 0 saturated heterocycles. The molecule has 1 saturated carbocycles. The molecule has 0 heterocycles. The number of methoxy groups -OCH3 is 1. The van der Waals surface area contributed by atoms with Crippen molar-refractivity contribution in [2.75, 3.05) is 12.0 Å². The number of ether oxygens (including phenoxy) is 1. The van der Waals surface area contributed by atoms with Crippen LogP contribution in [0.15, 0.2) is 103 Å². The number of benzene rings is 5. The molecule has 0 N–H and O–H groups in total. The molecule has 0 spiro atoms. The molecule has 0 aromatic heterocycles. The molecular weight excluding hydrogens is 402 g/mol. The maximum absolute atomic E-state index is 5.42. The average Bonchev–Trinajstić information content (AvgIpc) is 3.60. The highest BCUT2D eigenvalue weighted by molar-refractivity contribution is 6.06. The highest BCUT2D eigenvalue weighted by Crippen LogP contribution is 2.48. The summed E-state index contributed by atoms with van der Waals surface area (Å²) < 4.78 is 5.42. The maximum Gasteiger partial charge on any atom is 0.119 e. The standard InChI is InChI=1S/C31H27NO/c1-21-18-29(21)22-10-12-26(13-11-22)32(27-14-16-28(33-2)17-15-27)31-9-5-8-25-19-23-6-3-4-7-24(23)20-30(25)31/h3-17,19-21,29H,18H2,1-2H3. The summed E-state index contributed by atoms with van der Waals surface area (Å²) >= 11 is 0. The van der Waals surface area contributed by atoms with Crippen LogP contribution in [0.3, 0.4) is 0 Å². The van der Waals surface area contributed by atoms with Gasteiger partial charge in [0.25, 0.3) is 0 Å². The second-order valence-electron chi connectivity index (χ2n) is 9.14. The van der Waals surface area contributed by atoms with E-state index in [0.717, 1.165) is 29.0 Å². The molecule has 0 radical (unpaired) electrons. The number of nitrogens with zero attached hydrogens (tertiary/aromatic N) is 1. The smallest absolute Gasteiger partial charge is 0.119 e. The van der Waals surface area contributed by atoms with Crippen LogP contribution >= 0.6 is 0 Å². The van der Waals surface area contributed by atoms with Crippen molar-refractivity contribution < 1.29 is 4.74 Å². The Kier molecular flexibility index (Phi) is 4.80. The topological polar surface area (TPSA) is 12.5 Å². The molecule has 0 bridgehead atoms. The van der Waals surface area contributed by atoms with Crippen molar-refractivity contribution in [3.05, 3.63) is 109 Å². The minimum Gasteiger partial charge on any atom is -0.497 e. The normalized spacial score (nSPS) is 17.3. The first-order chi connectivity index (χ1) is 16.2. The van der Waals surface area contributed by atoms with Crippen LogP contribution in [0.2, 0.25) is 0 Å². The summed E-state index contributed by atoms with van der Waals surface area (Å²) in [7, 11) is 1.71. The average molecular weight is 430 g/mol. The Morgan fingerprint density at radius 1 is 0.697 bits per heavy atom. The van der Waals surface area contributed by atoms with Crippen molar-refractivity contribution in [1.29, 1.82) is 0 Å². The molecule has 1 aliphatic rings. The van der Waals surface area contributed by atoms with Crippen LogP contribution in [0.5, 0.6) is 5.75 Å². The predicted octanol–water partition coefficient (Wildman–Crippen LogP) is 8.59. The third-order valence-corrected chi connectivity index (χ3v) is 6.98. The van der Waals surface area contributed by atoms with Gasteiger partial charge in [0.2, 0.25) is 0 Å². The third kappa shape index (κ3) is 3.62. The molecule has 2 atom stereocenters. The number of fused-ring (bicyclic) bond motifs is 2. The Hall–Kier alpha value is -3.78. The van der Waals surface area contributed by atoms with Crippen LogP contribution in [0.4, 0.5) is 17.1 Å². The van der Waals surface area contributed by atoms with Crippen LogP contribution in [-0.2, 0) is 0 Å². The molecule has 2 nitrogen and oxygen atoms in total. The van der Waals surface area contributed by atoms with Crippen LogP contribution in [0, 0.1) is 5.92 Å². The van der Waals surface area contributed by atoms with Gasteiger partial charge in [0.05, 0.1) is 12.8 Å². The lowest BCUT2D eigenvalue weighted by atomic mass is 10.0. The Morgan fingerprint density at radius 3 is 1.94 bits per heavy atom. The second kappa shape index (κ2) is 7.97. The highest BCUT2D eigenvalue weighted by Gasteiger charge is 2.33. The summed E-state index contributed by atoms with van der Waals surface area (Å²) in [4.78, 5) is 2.36. The van der Waals surface area contributed by atoms with Gasteiger partial charge in [-0.15, -0.1) is 0 Å². The van der Waals surface area contributed by atoms with Crippen molar-refractivity contribution in [2.45, 2.75) is 19.3 Å². The summed E-state index contributed by atoms with van der Waals surface area (Å²) in [5, 5.41) is 5.01. The molecule has 2 unspecified atom stereocenters. The van der Waals surface area contributed by atoms with E-state index in [1.807, 2.05) is 12.1 Å². The van der Waals surface area contributed by atoms with E-state index in [2.05, 4.69) is 103 Å². The number of anilines is 3. The van der Waals surface area contributed by atoms with Crippen LogP contribution in [0.1, 0.15) is 24.8 Å². The van der Waals surface area contributed by atoms with E-state index in [-0.39, 0.29) is 0 Å². The fraction of sp³-hybridized carbons (Fsp3) is 0.161. The van der Waals surface area contributed by atoms with Crippen molar-refractivity contribution in [2.24, 2.45) is 5.92 Å². The summed E-state index contributed by atoms with van der Waals surface area (Å²) in [6, 6.07) is 37.2. The van der Waals surface area contributed by atoms with Crippen LogP contribution < -0.4 is 9.64 Å². The quantitative estimate of drug-likeness (QED) is 0.259. The molecule has 1 aliphatic carbocycles. The minimum absolute atomic E-state index is 0.720. The SMILES string of the molecule is COc1ccc(N(c2ccc(C3CC3C)cc2)c2cccc3cc4ccccc4cc23)cc1. The zero-order valence-corrected chi connectivity index (χ0v) is 19.0. The summed E-state index contributed by atoms with van der Waals surface area (Å²) in [6.07, 6.45) is 1.30. The predicted molar refractivity (Wildman–Crippen MR) is 139 cm³/mol. The lowest BCUT2D eigenvalue weighted by Gasteiger charge is -2.27. The van der Waals surface area contributed by atoms with Crippen molar-refractivity contribution in [3.8, 4) is 5.75 Å². The van der Waals surface area contributed by atoms with Crippen molar-refractivity contribution >= 4 is 38.6 Å². The van der Waals surface area contributed by atoms with Gasteiger partial charge in [0.15, 0.2) is 0 Å². The molecule has 5 aromatic carbocycles. The molecular formula is C31H27NO. The molecule has 0 amide bonds. The van der Waals surface area contributed by atoms with Gasteiger partial charge < -0.3 is 9.64 Å². The van der Waals surface area contributed by atoms with Gasteiger partial charge >= 0.3 is 0 Å². The van der Waals surface area contributed by atoms with E-state index in [9.17, 15) is 0 Å². The fourth-order valence-corrected chi connectivity index (χ4v) is 4.96. The van der Waals surface area contributed by atoms with Gasteiger partial charge in [-0.1, -0.05) is 55.5 Å². The van der Waals surface area contributed by atoms with Gasteiger partial charge in [-0.3, -0.25) is 0 Å². The molecule has 2 heteroatoms. The van der Waals surface area contributed by atoms with Gasteiger partial charge in [-0.2, -0.15) is 0 Å². The maximum atomic E-state index is 5.42. The summed E-state index contributed by atoms with van der Waals surface area (Å²) in [5.41, 5.74) is 4.91. The first-order valence-corrected chi connectivity index (χ1v) is 11.7. The number of hydrogen-bond donors (Lipinski definition) is 0. The Bertz CT molecular complexity index is 1440. The first-order valence-electron chi connectivity index (χ1n) is 11.7. The molecule has 162 valence electrons. The van der Waals surface area contributed by atoms with Crippen LogP contribution in [-0.4, -0.2) is 7.11 Å². The fourth-order valence-electron chi connectivity index (χ4n) is 4.96. The van der Waals surface area contributed by atoms with E-state index >= 15 is 0 Å². The van der Waals surface area contributed by atoms with E-state index in [1.54, 1.807) is 7.11 Å². The van der Waals surface area contributed by atoms with Crippen molar-refractivity contribution in [1.82, 2.24) is 0 Å². The monoisotopic (exact) mass is 429 g/mol. The van der Waals surface area contributed by atoms with Crippen molar-refractivity contribution in [3.63, 3.8) is 0 Å². The van der Waals surface area contributed by atoms with E-state index < -0.39 is 0 Å². The minimum atomic E-state index is 0.720.